The summed E-state index contributed by atoms with van der Waals surface area (Å²) in [6, 6.07) is 11.1. The lowest BCUT2D eigenvalue weighted by Gasteiger charge is -2.24. The fourth-order valence-electron chi connectivity index (χ4n) is 3.91. The first-order valence-corrected chi connectivity index (χ1v) is 11.4. The van der Waals surface area contributed by atoms with E-state index in [1.807, 2.05) is 44.2 Å². The zero-order valence-electron chi connectivity index (χ0n) is 17.8. The average Bonchev–Trinajstić information content (AvgIpc) is 2.64. The van der Waals surface area contributed by atoms with E-state index in [0.29, 0.717) is 22.2 Å². The second kappa shape index (κ2) is 8.71. The van der Waals surface area contributed by atoms with E-state index < -0.39 is 10.0 Å². The van der Waals surface area contributed by atoms with Crippen molar-refractivity contribution in [3.8, 4) is 0 Å². The molecule has 0 radical (unpaired) electrons. The fraction of sp³-hybridized carbons (Fsp3) is 0.348. The van der Waals surface area contributed by atoms with E-state index in [9.17, 15) is 18.3 Å². The molecule has 2 N–H and O–H groups in total. The third kappa shape index (κ3) is 4.48. The normalized spacial score (nSPS) is 12.1. The zero-order chi connectivity index (χ0) is 22.1. The Labute approximate surface area is 177 Å². The van der Waals surface area contributed by atoms with Gasteiger partial charge < -0.3 is 10.1 Å². The highest BCUT2D eigenvalue weighted by molar-refractivity contribution is 7.89. The predicted octanol–water partition coefficient (Wildman–Crippen LogP) is 3.34. The van der Waals surface area contributed by atoms with Crippen LogP contribution in [0.2, 0.25) is 0 Å². The third-order valence-corrected chi connectivity index (χ3v) is 7.34. The zero-order valence-corrected chi connectivity index (χ0v) is 18.6. The van der Waals surface area contributed by atoms with Crippen LogP contribution in [0.5, 0.6) is 0 Å². The Morgan fingerprint density at radius 3 is 2.27 bits per heavy atom. The summed E-state index contributed by atoms with van der Waals surface area (Å²) >= 11 is 0. The Hall–Kier alpha value is -2.48. The number of fused-ring (bicyclic) bond motifs is 1. The topological polar surface area (TPSA) is 90.5 Å². The van der Waals surface area contributed by atoms with E-state index in [2.05, 4.69) is 4.98 Å². The van der Waals surface area contributed by atoms with Gasteiger partial charge in [-0.3, -0.25) is 4.79 Å². The number of rotatable bonds is 7. The summed E-state index contributed by atoms with van der Waals surface area (Å²) in [5.41, 5.74) is 4.16. The number of benzene rings is 2. The molecular weight excluding hydrogens is 400 g/mol. The fourth-order valence-corrected chi connectivity index (χ4v) is 5.78. The van der Waals surface area contributed by atoms with Crippen molar-refractivity contribution in [2.24, 2.45) is 0 Å². The van der Waals surface area contributed by atoms with Crippen LogP contribution in [0.4, 0.5) is 0 Å². The lowest BCUT2D eigenvalue weighted by Crippen LogP contribution is -2.35. The molecule has 2 aromatic carbocycles. The number of nitrogens with zero attached hydrogens (tertiary/aromatic N) is 1. The van der Waals surface area contributed by atoms with Gasteiger partial charge in [-0.05, 0) is 68.8 Å². The summed E-state index contributed by atoms with van der Waals surface area (Å²) in [7, 11) is -3.86. The standard InChI is InChI=1S/C23H28N2O4S/c1-15-6-7-21-19(12-15)13-20(23(27)24-21)14-25(8-5-9-26)30(28,29)22-17(3)10-16(2)11-18(22)4/h6-7,10-13,26H,5,8-9,14H2,1-4H3,(H,24,27). The first kappa shape index (κ1) is 22.2. The maximum absolute atomic E-state index is 13.6. The smallest absolute Gasteiger partial charge is 0.252 e. The van der Waals surface area contributed by atoms with Crippen molar-refractivity contribution < 1.29 is 13.5 Å². The van der Waals surface area contributed by atoms with Crippen LogP contribution in [-0.4, -0.2) is 36.0 Å². The van der Waals surface area contributed by atoms with Gasteiger partial charge in [-0.25, -0.2) is 8.42 Å². The highest BCUT2D eigenvalue weighted by Gasteiger charge is 2.28. The number of nitrogens with one attached hydrogen (secondary N) is 1. The number of hydrogen-bond acceptors (Lipinski definition) is 4. The van der Waals surface area contributed by atoms with Crippen molar-refractivity contribution in [3.05, 3.63) is 74.6 Å². The Morgan fingerprint density at radius 1 is 0.967 bits per heavy atom. The second-order valence-corrected chi connectivity index (χ2v) is 9.73. The van der Waals surface area contributed by atoms with Crippen molar-refractivity contribution in [2.75, 3.05) is 13.2 Å². The van der Waals surface area contributed by atoms with Crippen molar-refractivity contribution in [1.29, 1.82) is 0 Å². The maximum atomic E-state index is 13.6. The van der Waals surface area contributed by atoms with Crippen LogP contribution in [-0.2, 0) is 16.6 Å². The average molecular weight is 429 g/mol. The molecule has 3 aromatic rings. The lowest BCUT2D eigenvalue weighted by molar-refractivity contribution is 0.267. The number of H-pyrrole nitrogens is 1. The van der Waals surface area contributed by atoms with Crippen LogP contribution in [0.15, 0.2) is 46.1 Å². The molecule has 0 aliphatic rings. The molecule has 0 saturated heterocycles. The quantitative estimate of drug-likeness (QED) is 0.604. The summed E-state index contributed by atoms with van der Waals surface area (Å²) in [6.45, 7) is 7.38. The van der Waals surface area contributed by atoms with Crippen molar-refractivity contribution >= 4 is 20.9 Å². The van der Waals surface area contributed by atoms with Gasteiger partial charge in [0, 0.05) is 30.8 Å². The van der Waals surface area contributed by atoms with E-state index >= 15 is 0 Å². The predicted molar refractivity (Wildman–Crippen MR) is 119 cm³/mol. The molecule has 0 aliphatic heterocycles. The molecule has 6 nitrogen and oxygen atoms in total. The molecule has 0 aliphatic carbocycles. The largest absolute Gasteiger partial charge is 0.396 e. The molecule has 0 amide bonds. The van der Waals surface area contributed by atoms with E-state index in [0.717, 1.165) is 16.5 Å². The van der Waals surface area contributed by atoms with Gasteiger partial charge in [0.15, 0.2) is 0 Å². The molecule has 1 heterocycles. The molecule has 0 bridgehead atoms. The summed E-state index contributed by atoms with van der Waals surface area (Å²) in [6.07, 6.45) is 0.285. The number of pyridine rings is 1. The minimum absolute atomic E-state index is 0.0612. The molecule has 1 aromatic heterocycles. The van der Waals surface area contributed by atoms with Gasteiger partial charge in [0.2, 0.25) is 10.0 Å². The molecule has 0 fully saturated rings. The second-order valence-electron chi connectivity index (χ2n) is 7.86. The lowest BCUT2D eigenvalue weighted by atomic mass is 10.1. The van der Waals surface area contributed by atoms with Crippen LogP contribution in [0.3, 0.4) is 0 Å². The van der Waals surface area contributed by atoms with Crippen molar-refractivity contribution in [3.63, 3.8) is 0 Å². The third-order valence-electron chi connectivity index (χ3n) is 5.19. The van der Waals surface area contributed by atoms with Crippen LogP contribution in [0.1, 0.15) is 34.2 Å². The molecule has 7 heteroatoms. The number of aliphatic hydroxyl groups excluding tert-OH is 1. The molecule has 0 spiro atoms. The molecule has 160 valence electrons. The van der Waals surface area contributed by atoms with Gasteiger partial charge in [-0.2, -0.15) is 4.31 Å². The monoisotopic (exact) mass is 428 g/mol. The van der Waals surface area contributed by atoms with Gasteiger partial charge in [-0.15, -0.1) is 0 Å². The molecule has 30 heavy (non-hydrogen) atoms. The number of aromatic amines is 1. The molecular formula is C23H28N2O4S. The van der Waals surface area contributed by atoms with E-state index in [1.54, 1.807) is 19.9 Å². The van der Waals surface area contributed by atoms with Gasteiger partial charge >= 0.3 is 0 Å². The highest BCUT2D eigenvalue weighted by atomic mass is 32.2. The SMILES string of the molecule is Cc1cc(C)c(S(=O)(=O)N(CCCO)Cc2cc3cc(C)ccc3[nH]c2=O)c(C)c1. The Morgan fingerprint density at radius 2 is 1.63 bits per heavy atom. The number of aromatic nitrogens is 1. The summed E-state index contributed by atoms with van der Waals surface area (Å²) in [4.78, 5) is 15.7. The van der Waals surface area contributed by atoms with E-state index in [-0.39, 0.29) is 36.6 Å². The van der Waals surface area contributed by atoms with Crippen LogP contribution in [0.25, 0.3) is 10.9 Å². The number of aryl methyl sites for hydroxylation is 4. The molecule has 0 atom stereocenters. The van der Waals surface area contributed by atoms with Gasteiger partial charge in [-0.1, -0.05) is 29.3 Å². The Kier molecular flexibility index (Phi) is 6.45. The van der Waals surface area contributed by atoms with E-state index in [1.165, 1.54) is 4.31 Å². The maximum Gasteiger partial charge on any atom is 0.252 e. The molecule has 3 rings (SSSR count). The molecule has 0 saturated carbocycles. The Bertz CT molecular complexity index is 1220. The minimum Gasteiger partial charge on any atom is -0.396 e. The summed E-state index contributed by atoms with van der Waals surface area (Å²) in [5, 5.41) is 10.2. The first-order chi connectivity index (χ1) is 14.1. The van der Waals surface area contributed by atoms with Gasteiger partial charge in [0.05, 0.1) is 4.90 Å². The summed E-state index contributed by atoms with van der Waals surface area (Å²) in [5.74, 6) is 0. The van der Waals surface area contributed by atoms with Gasteiger partial charge in [0.1, 0.15) is 0 Å². The number of hydrogen-bond donors (Lipinski definition) is 2. The van der Waals surface area contributed by atoms with Crippen LogP contribution < -0.4 is 5.56 Å². The van der Waals surface area contributed by atoms with E-state index in [4.69, 9.17) is 0 Å². The van der Waals surface area contributed by atoms with Gasteiger partial charge in [0.25, 0.3) is 5.56 Å². The minimum atomic E-state index is -3.86. The number of aliphatic hydroxyl groups is 1. The van der Waals surface area contributed by atoms with Crippen molar-refractivity contribution in [2.45, 2.75) is 45.6 Å². The van der Waals surface area contributed by atoms with Crippen LogP contribution >= 0.6 is 0 Å². The van der Waals surface area contributed by atoms with Crippen molar-refractivity contribution in [1.82, 2.24) is 9.29 Å². The van der Waals surface area contributed by atoms with Crippen LogP contribution in [0, 0.1) is 27.7 Å². The number of sulfonamides is 1. The highest BCUT2D eigenvalue weighted by Crippen LogP contribution is 2.26. The molecule has 0 unspecified atom stereocenters. The Balaban J connectivity index is 2.08. The first-order valence-electron chi connectivity index (χ1n) is 9.95. The summed E-state index contributed by atoms with van der Waals surface area (Å²) < 4.78 is 28.4.